The molecule has 0 saturated heterocycles. The Labute approximate surface area is 85.0 Å². The van der Waals surface area contributed by atoms with E-state index in [1.807, 2.05) is 18.7 Å². The lowest BCUT2D eigenvalue weighted by molar-refractivity contribution is -0.120. The molecular weight excluding hydrogens is 184 g/mol. The molecule has 0 aromatic carbocycles. The van der Waals surface area contributed by atoms with E-state index in [4.69, 9.17) is 0 Å². The monoisotopic (exact) mass is 204 g/mol. The van der Waals surface area contributed by atoms with Gasteiger partial charge in [0.1, 0.15) is 0 Å². The van der Waals surface area contributed by atoms with Gasteiger partial charge in [0, 0.05) is 18.8 Å². The first-order valence-electron chi connectivity index (χ1n) is 4.86. The van der Waals surface area contributed by atoms with Crippen LogP contribution < -0.4 is 10.6 Å². The summed E-state index contributed by atoms with van der Waals surface area (Å²) < 4.78 is 0. The quantitative estimate of drug-likeness (QED) is 0.576. The number of hydrogen-bond acceptors (Lipinski definition) is 3. The number of amides is 1. The third-order valence-corrected chi connectivity index (χ3v) is 2.39. The van der Waals surface area contributed by atoms with Crippen molar-refractivity contribution in [3.05, 3.63) is 0 Å². The molecule has 0 aliphatic rings. The fourth-order valence-electron chi connectivity index (χ4n) is 0.818. The van der Waals surface area contributed by atoms with Crippen molar-refractivity contribution in [1.29, 1.82) is 0 Å². The maximum absolute atomic E-state index is 11.1. The van der Waals surface area contributed by atoms with E-state index in [1.54, 1.807) is 0 Å². The molecule has 0 aromatic rings. The highest BCUT2D eigenvalue weighted by Gasteiger charge is 1.97. The van der Waals surface area contributed by atoms with Crippen molar-refractivity contribution in [2.45, 2.75) is 20.3 Å². The molecule has 0 bridgehead atoms. The predicted octanol–water partition coefficient (Wildman–Crippen LogP) is 0.855. The van der Waals surface area contributed by atoms with Crippen molar-refractivity contribution in [2.24, 2.45) is 0 Å². The molecule has 13 heavy (non-hydrogen) atoms. The molecule has 1 amide bonds. The standard InChI is InChI=1S/C9H20N2OS/c1-3-5-11-9(12)8-10-6-7-13-4-2/h10H,3-8H2,1-2H3,(H,11,12). The number of thioether (sulfide) groups is 1. The van der Waals surface area contributed by atoms with Crippen LogP contribution in [0.3, 0.4) is 0 Å². The van der Waals surface area contributed by atoms with Gasteiger partial charge in [-0.1, -0.05) is 13.8 Å². The van der Waals surface area contributed by atoms with E-state index >= 15 is 0 Å². The summed E-state index contributed by atoms with van der Waals surface area (Å²) in [5.74, 6) is 2.32. The SMILES string of the molecule is CCCNC(=O)CNCCSCC. The van der Waals surface area contributed by atoms with Crippen LogP contribution in [-0.4, -0.2) is 37.0 Å². The summed E-state index contributed by atoms with van der Waals surface area (Å²) in [6, 6.07) is 0. The fraction of sp³-hybridized carbons (Fsp3) is 0.889. The lowest BCUT2D eigenvalue weighted by Gasteiger charge is -2.04. The minimum Gasteiger partial charge on any atom is -0.355 e. The molecule has 0 radical (unpaired) electrons. The van der Waals surface area contributed by atoms with Gasteiger partial charge >= 0.3 is 0 Å². The first kappa shape index (κ1) is 12.8. The molecule has 0 atom stereocenters. The van der Waals surface area contributed by atoms with E-state index in [1.165, 1.54) is 0 Å². The summed E-state index contributed by atoms with van der Waals surface area (Å²) in [6.07, 6.45) is 0.997. The van der Waals surface area contributed by atoms with Crippen molar-refractivity contribution in [3.8, 4) is 0 Å². The van der Waals surface area contributed by atoms with E-state index < -0.39 is 0 Å². The maximum atomic E-state index is 11.1. The van der Waals surface area contributed by atoms with Gasteiger partial charge in [-0.3, -0.25) is 4.79 Å². The van der Waals surface area contributed by atoms with Crippen LogP contribution in [0.1, 0.15) is 20.3 Å². The molecule has 4 heteroatoms. The summed E-state index contributed by atoms with van der Waals surface area (Å²) in [4.78, 5) is 11.1. The van der Waals surface area contributed by atoms with Crippen molar-refractivity contribution in [2.75, 3.05) is 31.1 Å². The molecule has 0 aliphatic heterocycles. The molecule has 0 heterocycles. The van der Waals surface area contributed by atoms with E-state index in [0.29, 0.717) is 6.54 Å². The Kier molecular flexibility index (Phi) is 9.70. The fourth-order valence-corrected chi connectivity index (χ4v) is 1.39. The highest BCUT2D eigenvalue weighted by molar-refractivity contribution is 7.99. The number of hydrogen-bond donors (Lipinski definition) is 2. The second-order valence-electron chi connectivity index (χ2n) is 2.72. The second kappa shape index (κ2) is 9.86. The molecule has 0 spiro atoms. The lowest BCUT2D eigenvalue weighted by Crippen LogP contribution is -2.35. The predicted molar refractivity (Wildman–Crippen MR) is 59.2 cm³/mol. The van der Waals surface area contributed by atoms with Gasteiger partial charge in [0.15, 0.2) is 0 Å². The van der Waals surface area contributed by atoms with Crippen molar-refractivity contribution < 1.29 is 4.79 Å². The molecule has 0 rings (SSSR count). The Morgan fingerprint density at radius 3 is 2.69 bits per heavy atom. The van der Waals surface area contributed by atoms with Crippen LogP contribution in [0.4, 0.5) is 0 Å². The van der Waals surface area contributed by atoms with E-state index in [2.05, 4.69) is 17.6 Å². The van der Waals surface area contributed by atoms with Gasteiger partial charge in [-0.05, 0) is 12.2 Å². The highest BCUT2D eigenvalue weighted by atomic mass is 32.2. The molecule has 3 nitrogen and oxygen atoms in total. The maximum Gasteiger partial charge on any atom is 0.233 e. The van der Waals surface area contributed by atoms with Gasteiger partial charge in [-0.2, -0.15) is 11.8 Å². The van der Waals surface area contributed by atoms with E-state index in [-0.39, 0.29) is 5.91 Å². The topological polar surface area (TPSA) is 41.1 Å². The lowest BCUT2D eigenvalue weighted by atomic mass is 10.4. The normalized spacial score (nSPS) is 10.0. The molecule has 0 unspecified atom stereocenters. The molecule has 2 N–H and O–H groups in total. The molecule has 0 saturated carbocycles. The van der Waals surface area contributed by atoms with Gasteiger partial charge in [0.25, 0.3) is 0 Å². The number of carbonyl (C=O) groups is 1. The summed E-state index contributed by atoms with van der Waals surface area (Å²) in [7, 11) is 0. The zero-order valence-electron chi connectivity index (χ0n) is 8.56. The van der Waals surface area contributed by atoms with Crippen molar-refractivity contribution in [1.82, 2.24) is 10.6 Å². The van der Waals surface area contributed by atoms with Gasteiger partial charge in [0.05, 0.1) is 6.54 Å². The third kappa shape index (κ3) is 9.70. The van der Waals surface area contributed by atoms with Gasteiger partial charge in [0.2, 0.25) is 5.91 Å². The average molecular weight is 204 g/mol. The van der Waals surface area contributed by atoms with Crippen LogP contribution in [0.25, 0.3) is 0 Å². The van der Waals surface area contributed by atoms with Gasteiger partial charge < -0.3 is 10.6 Å². The molecular formula is C9H20N2OS. The molecule has 0 aliphatic carbocycles. The first-order chi connectivity index (χ1) is 6.31. The Morgan fingerprint density at radius 2 is 2.08 bits per heavy atom. The zero-order chi connectivity index (χ0) is 9.94. The zero-order valence-corrected chi connectivity index (χ0v) is 9.38. The smallest absolute Gasteiger partial charge is 0.233 e. The number of rotatable bonds is 8. The minimum atomic E-state index is 0.100. The number of carbonyl (C=O) groups excluding carboxylic acids is 1. The first-order valence-corrected chi connectivity index (χ1v) is 6.01. The Hall–Kier alpha value is -0.220. The van der Waals surface area contributed by atoms with Crippen LogP contribution in [0.5, 0.6) is 0 Å². The van der Waals surface area contributed by atoms with Crippen LogP contribution in [0.2, 0.25) is 0 Å². The molecule has 0 fully saturated rings. The van der Waals surface area contributed by atoms with Crippen molar-refractivity contribution in [3.63, 3.8) is 0 Å². The second-order valence-corrected chi connectivity index (χ2v) is 4.12. The Balaban J connectivity index is 3.08. The minimum absolute atomic E-state index is 0.100. The summed E-state index contributed by atoms with van der Waals surface area (Å²) in [6.45, 7) is 6.33. The average Bonchev–Trinajstić information content (AvgIpc) is 2.14. The Morgan fingerprint density at radius 1 is 1.31 bits per heavy atom. The summed E-state index contributed by atoms with van der Waals surface area (Å²) in [5, 5.41) is 5.91. The molecule has 0 aromatic heterocycles. The van der Waals surface area contributed by atoms with Crippen LogP contribution in [0, 0.1) is 0 Å². The summed E-state index contributed by atoms with van der Waals surface area (Å²) in [5.41, 5.74) is 0. The summed E-state index contributed by atoms with van der Waals surface area (Å²) >= 11 is 1.88. The third-order valence-electron chi connectivity index (χ3n) is 1.49. The Bertz CT molecular complexity index is 131. The van der Waals surface area contributed by atoms with Crippen LogP contribution in [-0.2, 0) is 4.79 Å². The van der Waals surface area contributed by atoms with Crippen LogP contribution >= 0.6 is 11.8 Å². The van der Waals surface area contributed by atoms with Gasteiger partial charge in [-0.15, -0.1) is 0 Å². The van der Waals surface area contributed by atoms with Crippen molar-refractivity contribution >= 4 is 17.7 Å². The highest BCUT2D eigenvalue weighted by Crippen LogP contribution is 1.94. The van der Waals surface area contributed by atoms with Crippen LogP contribution in [0.15, 0.2) is 0 Å². The number of nitrogens with one attached hydrogen (secondary N) is 2. The van der Waals surface area contributed by atoms with E-state index in [9.17, 15) is 4.79 Å². The molecule has 78 valence electrons. The van der Waals surface area contributed by atoms with E-state index in [0.717, 1.165) is 31.0 Å². The largest absolute Gasteiger partial charge is 0.355 e. The van der Waals surface area contributed by atoms with Gasteiger partial charge in [-0.25, -0.2) is 0 Å².